The number of nitrogens with one attached hydrogen (secondary N) is 2. The molecule has 0 aromatic heterocycles. The van der Waals surface area contributed by atoms with Gasteiger partial charge in [0.1, 0.15) is 0 Å². The Hall–Kier alpha value is -0.730. The van der Waals surface area contributed by atoms with Gasteiger partial charge in [0.2, 0.25) is 0 Å². The molecule has 108 valence electrons. The minimum atomic E-state index is 0. The topological polar surface area (TPSA) is 24.1 Å². The number of hydrogen-bond donors (Lipinski definition) is 2. The van der Waals surface area contributed by atoms with Gasteiger partial charge in [-0.15, -0.1) is 12.4 Å². The Balaban J connectivity index is 0.00000180. The van der Waals surface area contributed by atoms with Gasteiger partial charge >= 0.3 is 0 Å². The lowest BCUT2D eigenvalue weighted by Crippen LogP contribution is -2.35. The number of benzene rings is 1. The van der Waals surface area contributed by atoms with Gasteiger partial charge in [0, 0.05) is 11.7 Å². The van der Waals surface area contributed by atoms with E-state index in [1.807, 2.05) is 0 Å². The van der Waals surface area contributed by atoms with E-state index < -0.39 is 0 Å². The zero-order valence-corrected chi connectivity index (χ0v) is 13.0. The maximum Gasteiger partial charge on any atom is 0.0345 e. The Bertz CT molecular complexity index is 373. The summed E-state index contributed by atoms with van der Waals surface area (Å²) >= 11 is 0. The van der Waals surface area contributed by atoms with Crippen molar-refractivity contribution in [1.82, 2.24) is 5.32 Å². The van der Waals surface area contributed by atoms with Gasteiger partial charge in [-0.05, 0) is 69.0 Å². The molecule has 1 aliphatic rings. The Labute approximate surface area is 123 Å². The van der Waals surface area contributed by atoms with Crippen molar-refractivity contribution in [2.45, 2.75) is 52.0 Å². The number of aryl methyl sites for hydroxylation is 2. The summed E-state index contributed by atoms with van der Waals surface area (Å²) in [7, 11) is 0. The molecule has 0 spiro atoms. The highest BCUT2D eigenvalue weighted by atomic mass is 35.5. The largest absolute Gasteiger partial charge is 0.382 e. The molecule has 1 fully saturated rings. The quantitative estimate of drug-likeness (QED) is 0.855. The van der Waals surface area contributed by atoms with Crippen LogP contribution < -0.4 is 10.6 Å². The van der Waals surface area contributed by atoms with E-state index in [9.17, 15) is 0 Å². The molecule has 0 bridgehead atoms. The number of anilines is 1. The van der Waals surface area contributed by atoms with E-state index in [1.165, 1.54) is 48.9 Å². The molecule has 1 heterocycles. The second-order valence-corrected chi connectivity index (χ2v) is 5.41. The molecule has 19 heavy (non-hydrogen) atoms. The van der Waals surface area contributed by atoms with Gasteiger partial charge in [-0.25, -0.2) is 0 Å². The zero-order valence-electron chi connectivity index (χ0n) is 12.2. The van der Waals surface area contributed by atoms with Crippen LogP contribution in [0.25, 0.3) is 0 Å². The average molecular weight is 283 g/mol. The smallest absolute Gasteiger partial charge is 0.0345 e. The van der Waals surface area contributed by atoms with Crippen LogP contribution in [0.4, 0.5) is 5.69 Å². The van der Waals surface area contributed by atoms with E-state index in [4.69, 9.17) is 0 Å². The van der Waals surface area contributed by atoms with Crippen molar-refractivity contribution < 1.29 is 0 Å². The monoisotopic (exact) mass is 282 g/mol. The Morgan fingerprint density at radius 3 is 2.68 bits per heavy atom. The summed E-state index contributed by atoms with van der Waals surface area (Å²) in [5, 5.41) is 7.09. The molecule has 2 nitrogen and oxygen atoms in total. The first-order valence-electron chi connectivity index (χ1n) is 7.36. The van der Waals surface area contributed by atoms with Crippen molar-refractivity contribution in [3.63, 3.8) is 0 Å². The Morgan fingerprint density at radius 1 is 1.26 bits per heavy atom. The fourth-order valence-corrected chi connectivity index (χ4v) is 2.60. The van der Waals surface area contributed by atoms with Crippen molar-refractivity contribution in [3.8, 4) is 0 Å². The molecule has 0 saturated carbocycles. The molecule has 2 rings (SSSR count). The first kappa shape index (κ1) is 16.3. The predicted octanol–water partition coefficient (Wildman–Crippen LogP) is 3.92. The van der Waals surface area contributed by atoms with Crippen molar-refractivity contribution in [1.29, 1.82) is 0 Å². The lowest BCUT2D eigenvalue weighted by Gasteiger charge is -2.25. The summed E-state index contributed by atoms with van der Waals surface area (Å²) in [5.74, 6) is 0. The third kappa shape index (κ3) is 5.04. The maximum absolute atomic E-state index is 3.68. The zero-order chi connectivity index (χ0) is 12.8. The average Bonchev–Trinajstić information content (AvgIpc) is 2.40. The standard InChI is InChI=1S/C16H26N2.ClH/c1-3-4-5-14-12-16(7-6-13(14)2)18-15-8-10-17-11-9-15;/h6-7,12,15,17-18H,3-5,8-11H2,1-2H3;1H. The molecule has 1 saturated heterocycles. The van der Waals surface area contributed by atoms with Crippen molar-refractivity contribution in [2.24, 2.45) is 0 Å². The van der Waals surface area contributed by atoms with E-state index in [0.29, 0.717) is 6.04 Å². The summed E-state index contributed by atoms with van der Waals surface area (Å²) < 4.78 is 0. The van der Waals surface area contributed by atoms with Gasteiger partial charge in [0.25, 0.3) is 0 Å². The molecule has 0 aliphatic carbocycles. The summed E-state index contributed by atoms with van der Waals surface area (Å²) in [6, 6.07) is 7.49. The number of halogens is 1. The Kier molecular flexibility index (Phi) is 7.25. The number of piperidine rings is 1. The van der Waals surface area contributed by atoms with E-state index >= 15 is 0 Å². The molecule has 1 aromatic carbocycles. The highest BCUT2D eigenvalue weighted by molar-refractivity contribution is 5.85. The maximum atomic E-state index is 3.68. The van der Waals surface area contributed by atoms with Gasteiger partial charge in [0.05, 0.1) is 0 Å². The third-order valence-electron chi connectivity index (χ3n) is 3.86. The van der Waals surface area contributed by atoms with Crippen molar-refractivity contribution in [2.75, 3.05) is 18.4 Å². The SMILES string of the molecule is CCCCc1cc(NC2CCNCC2)ccc1C.Cl. The van der Waals surface area contributed by atoms with E-state index in [0.717, 1.165) is 13.1 Å². The molecule has 2 N–H and O–H groups in total. The van der Waals surface area contributed by atoms with E-state index in [2.05, 4.69) is 42.7 Å². The van der Waals surface area contributed by atoms with Crippen LogP contribution in [-0.4, -0.2) is 19.1 Å². The first-order chi connectivity index (χ1) is 8.79. The highest BCUT2D eigenvalue weighted by Crippen LogP contribution is 2.19. The van der Waals surface area contributed by atoms with Crippen LogP contribution in [0, 0.1) is 6.92 Å². The van der Waals surface area contributed by atoms with Gasteiger partial charge in [-0.2, -0.15) is 0 Å². The molecular formula is C16H27ClN2. The third-order valence-corrected chi connectivity index (χ3v) is 3.86. The predicted molar refractivity (Wildman–Crippen MR) is 86.6 cm³/mol. The van der Waals surface area contributed by atoms with Crippen molar-refractivity contribution in [3.05, 3.63) is 29.3 Å². The molecule has 0 unspecified atom stereocenters. The van der Waals surface area contributed by atoms with Gasteiger partial charge in [0.15, 0.2) is 0 Å². The molecule has 0 atom stereocenters. The summed E-state index contributed by atoms with van der Waals surface area (Å²) in [5.41, 5.74) is 4.24. The molecule has 1 aliphatic heterocycles. The summed E-state index contributed by atoms with van der Waals surface area (Å²) in [6.45, 7) is 6.77. The van der Waals surface area contributed by atoms with Gasteiger partial charge in [-0.3, -0.25) is 0 Å². The lowest BCUT2D eigenvalue weighted by atomic mass is 10.0. The minimum Gasteiger partial charge on any atom is -0.382 e. The molecule has 0 amide bonds. The van der Waals surface area contributed by atoms with Gasteiger partial charge in [-0.1, -0.05) is 19.4 Å². The van der Waals surface area contributed by atoms with Crippen LogP contribution >= 0.6 is 12.4 Å². The lowest BCUT2D eigenvalue weighted by molar-refractivity contribution is 0.479. The van der Waals surface area contributed by atoms with Crippen molar-refractivity contribution >= 4 is 18.1 Å². The van der Waals surface area contributed by atoms with Crippen LogP contribution in [-0.2, 0) is 6.42 Å². The molecular weight excluding hydrogens is 256 g/mol. The normalized spacial score (nSPS) is 15.9. The number of unbranched alkanes of at least 4 members (excludes halogenated alkanes) is 1. The second kappa shape index (κ2) is 8.44. The highest BCUT2D eigenvalue weighted by Gasteiger charge is 2.12. The summed E-state index contributed by atoms with van der Waals surface area (Å²) in [6.07, 6.45) is 6.24. The second-order valence-electron chi connectivity index (χ2n) is 5.41. The fraction of sp³-hybridized carbons (Fsp3) is 0.625. The van der Waals surface area contributed by atoms with Crippen LogP contribution in [0.1, 0.15) is 43.7 Å². The summed E-state index contributed by atoms with van der Waals surface area (Å²) in [4.78, 5) is 0. The molecule has 3 heteroatoms. The molecule has 0 radical (unpaired) electrons. The fourth-order valence-electron chi connectivity index (χ4n) is 2.60. The van der Waals surface area contributed by atoms with E-state index in [-0.39, 0.29) is 12.4 Å². The van der Waals surface area contributed by atoms with Crippen LogP contribution in [0.2, 0.25) is 0 Å². The van der Waals surface area contributed by atoms with Gasteiger partial charge < -0.3 is 10.6 Å². The van der Waals surface area contributed by atoms with Crippen LogP contribution in [0.5, 0.6) is 0 Å². The number of hydrogen-bond acceptors (Lipinski definition) is 2. The number of rotatable bonds is 5. The molecule has 1 aromatic rings. The first-order valence-corrected chi connectivity index (χ1v) is 7.36. The van der Waals surface area contributed by atoms with Crippen LogP contribution in [0.15, 0.2) is 18.2 Å². The van der Waals surface area contributed by atoms with E-state index in [1.54, 1.807) is 0 Å². The minimum absolute atomic E-state index is 0. The Morgan fingerprint density at radius 2 is 2.00 bits per heavy atom. The van der Waals surface area contributed by atoms with Crippen LogP contribution in [0.3, 0.4) is 0 Å².